The van der Waals surface area contributed by atoms with Crippen molar-refractivity contribution in [2.45, 2.75) is 72.8 Å². The fraction of sp³-hybridized carbons (Fsp3) is 0.636. The summed E-state index contributed by atoms with van der Waals surface area (Å²) >= 11 is 0. The Morgan fingerprint density at radius 1 is 1.21 bits per heavy atom. The van der Waals surface area contributed by atoms with Crippen LogP contribution in [0.25, 0.3) is 0 Å². The molecular formula is C22H32O6S. The van der Waals surface area contributed by atoms with Gasteiger partial charge in [-0.05, 0) is 73.5 Å². The number of phenolic OH excluding ortho intramolecular Hbond substituents is 1. The molecule has 162 valence electrons. The molecule has 7 heteroatoms. The summed E-state index contributed by atoms with van der Waals surface area (Å²) in [7, 11) is -4.79. The average molecular weight is 425 g/mol. The minimum Gasteiger partial charge on any atom is -0.504 e. The fourth-order valence-electron chi connectivity index (χ4n) is 5.90. The molecule has 2 atom stereocenters. The van der Waals surface area contributed by atoms with Gasteiger partial charge in [0.15, 0.2) is 11.5 Å². The van der Waals surface area contributed by atoms with Gasteiger partial charge in [0.2, 0.25) is 0 Å². The number of hydrogen-bond donors (Lipinski definition) is 3. The van der Waals surface area contributed by atoms with E-state index >= 15 is 0 Å². The summed E-state index contributed by atoms with van der Waals surface area (Å²) in [5.41, 5.74) is 3.64. The first-order valence-corrected chi connectivity index (χ1v) is 11.6. The molecule has 2 aliphatic carbocycles. The summed E-state index contributed by atoms with van der Waals surface area (Å²) in [6.45, 7) is 8.79. The van der Waals surface area contributed by atoms with Gasteiger partial charge in [-0.25, -0.2) is 0 Å². The van der Waals surface area contributed by atoms with E-state index in [1.807, 2.05) is 0 Å². The number of allylic oxidation sites excluding steroid dienone is 2. The molecule has 3 rings (SSSR count). The van der Waals surface area contributed by atoms with Crippen LogP contribution in [0.3, 0.4) is 0 Å². The normalized spacial score (nSPS) is 26.9. The highest BCUT2D eigenvalue weighted by Gasteiger charge is 2.50. The van der Waals surface area contributed by atoms with Crippen molar-refractivity contribution in [3.8, 4) is 11.5 Å². The number of aliphatic hydroxyl groups is 1. The second-order valence-electron chi connectivity index (χ2n) is 9.56. The molecule has 0 spiro atoms. The Labute approximate surface area is 173 Å². The summed E-state index contributed by atoms with van der Waals surface area (Å²) < 4.78 is 36.6. The molecule has 0 amide bonds. The van der Waals surface area contributed by atoms with Crippen LogP contribution in [0.2, 0.25) is 0 Å². The predicted octanol–water partition coefficient (Wildman–Crippen LogP) is 4.55. The van der Waals surface area contributed by atoms with Crippen molar-refractivity contribution in [1.82, 2.24) is 0 Å². The van der Waals surface area contributed by atoms with Crippen LogP contribution in [0, 0.1) is 16.7 Å². The Morgan fingerprint density at radius 2 is 1.90 bits per heavy atom. The van der Waals surface area contributed by atoms with Crippen LogP contribution in [-0.2, 0) is 23.4 Å². The zero-order valence-corrected chi connectivity index (χ0v) is 18.5. The molecule has 1 aromatic carbocycles. The molecular weight excluding hydrogens is 392 g/mol. The van der Waals surface area contributed by atoms with E-state index in [1.54, 1.807) is 6.07 Å². The van der Waals surface area contributed by atoms with Crippen molar-refractivity contribution in [3.05, 3.63) is 34.4 Å². The van der Waals surface area contributed by atoms with E-state index in [-0.39, 0.29) is 23.2 Å². The van der Waals surface area contributed by atoms with E-state index in [1.165, 1.54) is 23.6 Å². The van der Waals surface area contributed by atoms with Crippen LogP contribution < -0.4 is 4.18 Å². The first-order valence-electron chi connectivity index (χ1n) is 10.2. The summed E-state index contributed by atoms with van der Waals surface area (Å²) in [5, 5.41) is 19.9. The van der Waals surface area contributed by atoms with Gasteiger partial charge in [0, 0.05) is 5.56 Å². The minimum atomic E-state index is -4.79. The third kappa shape index (κ3) is 4.32. The third-order valence-corrected chi connectivity index (χ3v) is 7.56. The first kappa shape index (κ1) is 22.1. The molecule has 0 unspecified atom stereocenters. The molecule has 0 bridgehead atoms. The highest BCUT2D eigenvalue weighted by atomic mass is 32.3. The van der Waals surface area contributed by atoms with Gasteiger partial charge in [0.1, 0.15) is 0 Å². The lowest BCUT2D eigenvalue weighted by Gasteiger charge is -2.55. The molecule has 0 radical (unpaired) electrons. The zero-order chi connectivity index (χ0) is 21.6. The number of aromatic hydroxyl groups is 1. The summed E-state index contributed by atoms with van der Waals surface area (Å²) in [6, 6.07) is 2.89. The largest absolute Gasteiger partial charge is 0.504 e. The maximum atomic E-state index is 11.4. The third-order valence-electron chi connectivity index (χ3n) is 7.19. The van der Waals surface area contributed by atoms with Gasteiger partial charge < -0.3 is 14.4 Å². The Hall–Kier alpha value is -1.57. The van der Waals surface area contributed by atoms with E-state index in [0.29, 0.717) is 23.5 Å². The average Bonchev–Trinajstić information content (AvgIpc) is 2.58. The number of aliphatic hydroxyl groups excluding tert-OH is 1. The van der Waals surface area contributed by atoms with Gasteiger partial charge in [0.25, 0.3) is 0 Å². The Kier molecular flexibility index (Phi) is 5.80. The molecule has 1 aromatic rings. The Morgan fingerprint density at radius 3 is 2.52 bits per heavy atom. The number of fused-ring (bicyclic) bond motifs is 1. The lowest BCUT2D eigenvalue weighted by atomic mass is 9.50. The summed E-state index contributed by atoms with van der Waals surface area (Å²) in [4.78, 5) is 0. The van der Waals surface area contributed by atoms with Crippen molar-refractivity contribution >= 4 is 10.4 Å². The van der Waals surface area contributed by atoms with E-state index in [4.69, 9.17) is 4.18 Å². The predicted molar refractivity (Wildman–Crippen MR) is 111 cm³/mol. The van der Waals surface area contributed by atoms with E-state index < -0.39 is 16.1 Å². The minimum absolute atomic E-state index is 0.0235. The van der Waals surface area contributed by atoms with Crippen molar-refractivity contribution < 1.29 is 27.4 Å². The second-order valence-corrected chi connectivity index (χ2v) is 10.6. The SMILES string of the molecule is CC1=C(Cc2cc(CO)cc(O)c2OS(=O)(=O)O)[C@]2(C)CCCC(C)(C)[C@H]2CC1. The molecule has 0 aromatic heterocycles. The maximum absolute atomic E-state index is 11.4. The molecule has 0 saturated heterocycles. The van der Waals surface area contributed by atoms with Crippen LogP contribution in [-0.4, -0.2) is 23.2 Å². The Balaban J connectivity index is 2.09. The van der Waals surface area contributed by atoms with Crippen molar-refractivity contribution in [1.29, 1.82) is 0 Å². The molecule has 1 saturated carbocycles. The van der Waals surface area contributed by atoms with Crippen LogP contribution >= 0.6 is 0 Å². The van der Waals surface area contributed by atoms with Crippen molar-refractivity contribution in [2.24, 2.45) is 16.7 Å². The van der Waals surface area contributed by atoms with Crippen LogP contribution in [0.15, 0.2) is 23.3 Å². The van der Waals surface area contributed by atoms with Gasteiger partial charge in [-0.2, -0.15) is 8.42 Å². The molecule has 2 aliphatic rings. The van der Waals surface area contributed by atoms with Crippen molar-refractivity contribution in [3.63, 3.8) is 0 Å². The smallest absolute Gasteiger partial charge is 0.446 e. The molecule has 29 heavy (non-hydrogen) atoms. The molecule has 0 aliphatic heterocycles. The van der Waals surface area contributed by atoms with Gasteiger partial charge in [-0.15, -0.1) is 0 Å². The van der Waals surface area contributed by atoms with E-state index in [2.05, 4.69) is 27.7 Å². The first-order chi connectivity index (χ1) is 13.4. The molecule has 1 fully saturated rings. The lowest BCUT2D eigenvalue weighted by molar-refractivity contribution is 0.0112. The molecule has 0 heterocycles. The number of benzene rings is 1. The molecule has 6 nitrogen and oxygen atoms in total. The molecule has 3 N–H and O–H groups in total. The maximum Gasteiger partial charge on any atom is 0.446 e. The summed E-state index contributed by atoms with van der Waals surface area (Å²) in [6.07, 6.45) is 5.91. The van der Waals surface area contributed by atoms with Gasteiger partial charge in [-0.1, -0.05) is 38.3 Å². The lowest BCUT2D eigenvalue weighted by Crippen LogP contribution is -2.45. The standard InChI is InChI=1S/C22H32O6S/c1-14-6-7-19-21(2,3)8-5-9-22(19,4)17(14)12-16-10-15(13-23)11-18(24)20(16)28-29(25,26)27/h10-11,19,23-24H,5-9,12-13H2,1-4H3,(H,25,26,27)/t19-,22+/m1/s1. The number of rotatable bonds is 5. The topological polar surface area (TPSA) is 104 Å². The van der Waals surface area contributed by atoms with Crippen molar-refractivity contribution in [2.75, 3.05) is 0 Å². The van der Waals surface area contributed by atoms with Gasteiger partial charge >= 0.3 is 10.4 Å². The van der Waals surface area contributed by atoms with E-state index in [9.17, 15) is 23.2 Å². The van der Waals surface area contributed by atoms with Crippen LogP contribution in [0.1, 0.15) is 70.9 Å². The highest BCUT2D eigenvalue weighted by Crippen LogP contribution is 2.60. The quantitative estimate of drug-likeness (QED) is 0.473. The fourth-order valence-corrected chi connectivity index (χ4v) is 6.30. The van der Waals surface area contributed by atoms with Gasteiger partial charge in [-0.3, -0.25) is 4.55 Å². The van der Waals surface area contributed by atoms with Crippen LogP contribution in [0.5, 0.6) is 11.5 Å². The second kappa shape index (κ2) is 7.60. The van der Waals surface area contributed by atoms with Gasteiger partial charge in [0.05, 0.1) is 6.61 Å². The number of phenols is 1. The highest BCUT2D eigenvalue weighted by molar-refractivity contribution is 7.81. The monoisotopic (exact) mass is 424 g/mol. The summed E-state index contributed by atoms with van der Waals surface area (Å²) in [5.74, 6) is -0.169. The van der Waals surface area contributed by atoms with E-state index in [0.717, 1.165) is 25.7 Å². The number of hydrogen-bond acceptors (Lipinski definition) is 5. The van der Waals surface area contributed by atoms with Crippen LogP contribution in [0.4, 0.5) is 0 Å². The zero-order valence-electron chi connectivity index (χ0n) is 17.7. The Bertz CT molecular complexity index is 931.